The predicted octanol–water partition coefficient (Wildman–Crippen LogP) is 5.96. The zero-order valence-electron chi connectivity index (χ0n) is 18.0. The fourth-order valence-electron chi connectivity index (χ4n) is 2.80. The molecule has 29 heavy (non-hydrogen) atoms. The number of rotatable bonds is 13. The minimum Gasteiger partial charge on any atom is -0.454 e. The highest BCUT2D eigenvalue weighted by Crippen LogP contribution is 2.32. The molecule has 1 unspecified atom stereocenters. The maximum absolute atomic E-state index is 5.77. The SMILES string of the molecule is CC(C)C(C)NC(=S)C=CC=CCCCCCCOCc1ccc2c(c1)OCO2. The minimum absolute atomic E-state index is 0.313. The number of fused-ring (bicyclic) bond motifs is 1. The molecule has 0 amide bonds. The average molecular weight is 418 g/mol. The van der Waals surface area contributed by atoms with Gasteiger partial charge in [-0.15, -0.1) is 0 Å². The Bertz CT molecular complexity index is 685. The number of unbranched alkanes of at least 4 members (excludes halogenated alkanes) is 4. The van der Waals surface area contributed by atoms with Crippen LogP contribution in [0.25, 0.3) is 0 Å². The zero-order chi connectivity index (χ0) is 20.9. The van der Waals surface area contributed by atoms with E-state index in [4.69, 9.17) is 26.4 Å². The van der Waals surface area contributed by atoms with E-state index in [0.29, 0.717) is 25.4 Å². The molecule has 2 rings (SSSR count). The van der Waals surface area contributed by atoms with Gasteiger partial charge in [0, 0.05) is 12.6 Å². The highest BCUT2D eigenvalue weighted by molar-refractivity contribution is 7.80. The van der Waals surface area contributed by atoms with Gasteiger partial charge in [0.15, 0.2) is 11.5 Å². The molecule has 1 aliphatic heterocycles. The average Bonchev–Trinajstić information content (AvgIpc) is 3.16. The molecule has 1 aliphatic rings. The van der Waals surface area contributed by atoms with Crippen LogP contribution >= 0.6 is 12.2 Å². The van der Waals surface area contributed by atoms with E-state index >= 15 is 0 Å². The third kappa shape index (κ3) is 9.46. The van der Waals surface area contributed by atoms with E-state index in [-0.39, 0.29) is 0 Å². The Morgan fingerprint density at radius 2 is 1.90 bits per heavy atom. The van der Waals surface area contributed by atoms with Gasteiger partial charge in [-0.3, -0.25) is 0 Å². The van der Waals surface area contributed by atoms with Crippen LogP contribution in [0.4, 0.5) is 0 Å². The molecular formula is C24H35NO3S. The quantitative estimate of drug-likeness (QED) is 0.186. The lowest BCUT2D eigenvalue weighted by Gasteiger charge is -2.17. The van der Waals surface area contributed by atoms with Crippen LogP contribution in [-0.2, 0) is 11.3 Å². The lowest BCUT2D eigenvalue weighted by Crippen LogP contribution is -2.33. The zero-order valence-corrected chi connectivity index (χ0v) is 18.8. The first-order valence-corrected chi connectivity index (χ1v) is 11.1. The Morgan fingerprint density at radius 1 is 1.10 bits per heavy atom. The molecule has 160 valence electrons. The van der Waals surface area contributed by atoms with E-state index in [1.54, 1.807) is 0 Å². The summed E-state index contributed by atoms with van der Waals surface area (Å²) in [5, 5.41) is 3.32. The Balaban J connectivity index is 1.43. The van der Waals surface area contributed by atoms with Gasteiger partial charge in [-0.25, -0.2) is 0 Å². The maximum Gasteiger partial charge on any atom is 0.231 e. The number of allylic oxidation sites excluding steroid dienone is 3. The summed E-state index contributed by atoms with van der Waals surface area (Å²) < 4.78 is 16.5. The fourth-order valence-corrected chi connectivity index (χ4v) is 3.06. The van der Waals surface area contributed by atoms with Crippen molar-refractivity contribution in [2.75, 3.05) is 13.4 Å². The van der Waals surface area contributed by atoms with Gasteiger partial charge in [0.25, 0.3) is 0 Å². The summed E-state index contributed by atoms with van der Waals surface area (Å²) in [6.45, 7) is 8.27. The summed E-state index contributed by atoms with van der Waals surface area (Å²) in [5.74, 6) is 2.21. The molecule has 0 bridgehead atoms. The lowest BCUT2D eigenvalue weighted by molar-refractivity contribution is 0.116. The Labute approximate surface area is 181 Å². The largest absolute Gasteiger partial charge is 0.454 e. The van der Waals surface area contributed by atoms with Gasteiger partial charge in [-0.05, 0) is 55.9 Å². The molecular weight excluding hydrogens is 382 g/mol. The molecule has 0 aromatic heterocycles. The molecule has 5 heteroatoms. The first kappa shape index (κ1) is 23.4. The van der Waals surface area contributed by atoms with Crippen molar-refractivity contribution in [2.24, 2.45) is 5.92 Å². The van der Waals surface area contributed by atoms with E-state index in [1.807, 2.05) is 30.4 Å². The first-order valence-electron chi connectivity index (χ1n) is 10.7. The molecule has 1 atom stereocenters. The second-order valence-corrected chi connectivity index (χ2v) is 8.21. The lowest BCUT2D eigenvalue weighted by atomic mass is 10.1. The molecule has 1 heterocycles. The summed E-state index contributed by atoms with van der Waals surface area (Å²) >= 11 is 5.32. The van der Waals surface area contributed by atoms with Gasteiger partial charge in [0.1, 0.15) is 0 Å². The van der Waals surface area contributed by atoms with Crippen LogP contribution in [0.1, 0.15) is 58.4 Å². The molecule has 0 radical (unpaired) electrons. The predicted molar refractivity (Wildman–Crippen MR) is 124 cm³/mol. The van der Waals surface area contributed by atoms with Gasteiger partial charge in [-0.2, -0.15) is 0 Å². The second kappa shape index (κ2) is 13.4. The second-order valence-electron chi connectivity index (χ2n) is 7.77. The standard InChI is InChI=1S/C24H35NO3S/c1-19(2)20(3)25-24(29)12-10-8-6-4-5-7-9-11-15-26-17-21-13-14-22-23(16-21)28-18-27-22/h6,8,10,12-14,16,19-20H,4-5,7,9,11,15,17-18H2,1-3H3,(H,25,29). The minimum atomic E-state index is 0.313. The van der Waals surface area contributed by atoms with E-state index < -0.39 is 0 Å². The number of hydrogen-bond acceptors (Lipinski definition) is 4. The highest BCUT2D eigenvalue weighted by Gasteiger charge is 2.12. The van der Waals surface area contributed by atoms with Crippen molar-refractivity contribution in [2.45, 2.75) is 65.5 Å². The van der Waals surface area contributed by atoms with Crippen molar-refractivity contribution < 1.29 is 14.2 Å². The molecule has 1 aromatic carbocycles. The van der Waals surface area contributed by atoms with Gasteiger partial charge in [-0.1, -0.05) is 63.2 Å². The van der Waals surface area contributed by atoms with Crippen LogP contribution in [-0.4, -0.2) is 24.4 Å². The molecule has 1 N–H and O–H groups in total. The number of hydrogen-bond donors (Lipinski definition) is 1. The van der Waals surface area contributed by atoms with E-state index in [2.05, 4.69) is 38.2 Å². The normalized spacial score (nSPS) is 14.2. The number of ether oxygens (including phenoxy) is 3. The van der Waals surface area contributed by atoms with Crippen molar-refractivity contribution >= 4 is 17.2 Å². The van der Waals surface area contributed by atoms with E-state index in [0.717, 1.165) is 41.5 Å². The number of nitrogens with one attached hydrogen (secondary N) is 1. The van der Waals surface area contributed by atoms with Crippen molar-refractivity contribution in [1.82, 2.24) is 5.32 Å². The Morgan fingerprint density at radius 3 is 2.72 bits per heavy atom. The van der Waals surface area contributed by atoms with Crippen LogP contribution in [0.2, 0.25) is 0 Å². The van der Waals surface area contributed by atoms with Crippen LogP contribution in [0.3, 0.4) is 0 Å². The van der Waals surface area contributed by atoms with Crippen LogP contribution in [0, 0.1) is 5.92 Å². The van der Waals surface area contributed by atoms with Crippen molar-refractivity contribution in [3.63, 3.8) is 0 Å². The molecule has 0 saturated heterocycles. The smallest absolute Gasteiger partial charge is 0.231 e. The third-order valence-electron chi connectivity index (χ3n) is 4.98. The molecule has 4 nitrogen and oxygen atoms in total. The van der Waals surface area contributed by atoms with Gasteiger partial charge >= 0.3 is 0 Å². The monoisotopic (exact) mass is 417 g/mol. The van der Waals surface area contributed by atoms with E-state index in [9.17, 15) is 0 Å². The van der Waals surface area contributed by atoms with Crippen LogP contribution in [0.5, 0.6) is 11.5 Å². The summed E-state index contributed by atoms with van der Waals surface area (Å²) in [6.07, 6.45) is 14.1. The van der Waals surface area contributed by atoms with Gasteiger partial charge < -0.3 is 19.5 Å². The molecule has 0 spiro atoms. The number of thiocarbonyl (C=S) groups is 1. The molecule has 0 saturated carbocycles. The molecule has 0 aliphatic carbocycles. The van der Waals surface area contributed by atoms with Crippen molar-refractivity contribution in [3.8, 4) is 11.5 Å². The summed E-state index contributed by atoms with van der Waals surface area (Å²) in [7, 11) is 0. The Kier molecular flexibility index (Phi) is 10.8. The van der Waals surface area contributed by atoms with Crippen LogP contribution < -0.4 is 14.8 Å². The maximum atomic E-state index is 5.77. The molecule has 0 fully saturated rings. The topological polar surface area (TPSA) is 39.7 Å². The highest BCUT2D eigenvalue weighted by atomic mass is 32.1. The van der Waals surface area contributed by atoms with Gasteiger partial charge in [0.05, 0.1) is 11.6 Å². The van der Waals surface area contributed by atoms with Gasteiger partial charge in [0.2, 0.25) is 6.79 Å². The third-order valence-corrected chi connectivity index (χ3v) is 5.23. The van der Waals surface area contributed by atoms with Crippen molar-refractivity contribution in [3.05, 3.63) is 48.1 Å². The van der Waals surface area contributed by atoms with E-state index in [1.165, 1.54) is 19.3 Å². The fraction of sp³-hybridized carbons (Fsp3) is 0.542. The Hall–Kier alpha value is -1.85. The number of benzene rings is 1. The van der Waals surface area contributed by atoms with Crippen LogP contribution in [0.15, 0.2) is 42.5 Å². The molecule has 1 aromatic rings. The summed E-state index contributed by atoms with van der Waals surface area (Å²) in [5.41, 5.74) is 1.13. The first-order chi connectivity index (χ1) is 14.1. The summed E-state index contributed by atoms with van der Waals surface area (Å²) in [6, 6.07) is 6.37. The summed E-state index contributed by atoms with van der Waals surface area (Å²) in [4.78, 5) is 0.802. The van der Waals surface area contributed by atoms with Crippen molar-refractivity contribution in [1.29, 1.82) is 0 Å².